The van der Waals surface area contributed by atoms with Crippen LogP contribution in [0.5, 0.6) is 5.75 Å². The summed E-state index contributed by atoms with van der Waals surface area (Å²) in [5.74, 6) is -0.437. The maximum atomic E-state index is 11.7. The molecule has 5 nitrogen and oxygen atoms in total. The molecule has 0 saturated heterocycles. The van der Waals surface area contributed by atoms with Crippen LogP contribution in [-0.4, -0.2) is 18.2 Å². The summed E-state index contributed by atoms with van der Waals surface area (Å²) < 4.78 is 10.2. The molecule has 0 atom stereocenters. The van der Waals surface area contributed by atoms with Crippen LogP contribution in [0.2, 0.25) is 0 Å². The maximum Gasteiger partial charge on any atom is 0.340 e. The lowest BCUT2D eigenvalue weighted by Gasteiger charge is -2.07. The molecule has 0 amide bonds. The molecule has 0 fully saturated rings. The van der Waals surface area contributed by atoms with Gasteiger partial charge in [0.05, 0.1) is 19.1 Å². The van der Waals surface area contributed by atoms with E-state index in [-0.39, 0.29) is 12.0 Å². The topological polar surface area (TPSA) is 76.7 Å². The molecule has 5 heteroatoms. The number of hydrogen-bond acceptors (Lipinski definition) is 4. The maximum absolute atomic E-state index is 11.7. The van der Waals surface area contributed by atoms with Crippen molar-refractivity contribution in [1.82, 2.24) is 0 Å². The van der Waals surface area contributed by atoms with Gasteiger partial charge in [0, 0.05) is 5.39 Å². The molecule has 2 rings (SSSR count). The van der Waals surface area contributed by atoms with Crippen LogP contribution in [0.15, 0.2) is 27.4 Å². The Morgan fingerprint density at radius 1 is 1.44 bits per heavy atom. The van der Waals surface area contributed by atoms with E-state index < -0.39 is 11.6 Å². The van der Waals surface area contributed by atoms with E-state index in [4.69, 9.17) is 14.3 Å². The van der Waals surface area contributed by atoms with Crippen LogP contribution >= 0.6 is 0 Å². The van der Waals surface area contributed by atoms with E-state index >= 15 is 0 Å². The van der Waals surface area contributed by atoms with E-state index in [0.29, 0.717) is 22.3 Å². The number of benzene rings is 1. The van der Waals surface area contributed by atoms with Crippen LogP contribution in [0, 0.1) is 6.92 Å². The SMILES string of the molecule is COc1ccc2oc(=O)c(CC(=O)O)c(C)c2c1. The Balaban J connectivity index is 2.73. The Hall–Kier alpha value is -2.30. The van der Waals surface area contributed by atoms with Crippen molar-refractivity contribution in [3.63, 3.8) is 0 Å². The number of carboxylic acids is 1. The van der Waals surface area contributed by atoms with E-state index in [2.05, 4.69) is 0 Å². The van der Waals surface area contributed by atoms with E-state index in [1.54, 1.807) is 25.1 Å². The van der Waals surface area contributed by atoms with Gasteiger partial charge in [0.25, 0.3) is 0 Å². The molecule has 2 aromatic rings. The Morgan fingerprint density at radius 3 is 2.78 bits per heavy atom. The molecule has 0 aliphatic carbocycles. The monoisotopic (exact) mass is 248 g/mol. The highest BCUT2D eigenvalue weighted by molar-refractivity contribution is 5.84. The molecule has 1 N–H and O–H groups in total. The van der Waals surface area contributed by atoms with Gasteiger partial charge in [0.2, 0.25) is 0 Å². The number of ether oxygens (including phenoxy) is 1. The second-order valence-corrected chi connectivity index (χ2v) is 3.93. The van der Waals surface area contributed by atoms with Crippen molar-refractivity contribution in [1.29, 1.82) is 0 Å². The lowest BCUT2D eigenvalue weighted by molar-refractivity contribution is -0.136. The Morgan fingerprint density at radius 2 is 2.17 bits per heavy atom. The predicted molar refractivity (Wildman–Crippen MR) is 65.1 cm³/mol. The van der Waals surface area contributed by atoms with Gasteiger partial charge < -0.3 is 14.3 Å². The van der Waals surface area contributed by atoms with Gasteiger partial charge in [-0.2, -0.15) is 0 Å². The first-order valence-electron chi connectivity index (χ1n) is 5.35. The third kappa shape index (κ3) is 2.07. The highest BCUT2D eigenvalue weighted by Gasteiger charge is 2.14. The van der Waals surface area contributed by atoms with Crippen LogP contribution < -0.4 is 10.4 Å². The molecule has 0 aliphatic rings. The molecule has 0 aliphatic heterocycles. The van der Waals surface area contributed by atoms with Gasteiger partial charge in [0.15, 0.2) is 0 Å². The third-order valence-electron chi connectivity index (χ3n) is 2.82. The molecular weight excluding hydrogens is 236 g/mol. The van der Waals surface area contributed by atoms with Gasteiger partial charge in [-0.25, -0.2) is 4.79 Å². The standard InChI is InChI=1S/C13H12O5/c1-7-9-5-8(17-2)3-4-11(9)18-13(16)10(7)6-12(14)15/h3-5H,6H2,1-2H3,(H,14,15). The normalized spacial score (nSPS) is 10.6. The van der Waals surface area contributed by atoms with Crippen molar-refractivity contribution < 1.29 is 19.1 Å². The highest BCUT2D eigenvalue weighted by atomic mass is 16.5. The average molecular weight is 248 g/mol. The summed E-state index contributed by atoms with van der Waals surface area (Å²) in [5.41, 5.74) is 0.603. The molecule has 0 spiro atoms. The van der Waals surface area contributed by atoms with Crippen LogP contribution in [0.1, 0.15) is 11.1 Å². The average Bonchev–Trinajstić information content (AvgIpc) is 2.34. The predicted octanol–water partition coefficient (Wildman–Crippen LogP) is 1.74. The zero-order valence-electron chi connectivity index (χ0n) is 10.0. The molecule has 94 valence electrons. The van der Waals surface area contributed by atoms with Gasteiger partial charge in [-0.1, -0.05) is 0 Å². The van der Waals surface area contributed by atoms with E-state index in [1.807, 2.05) is 0 Å². The van der Waals surface area contributed by atoms with Crippen molar-refractivity contribution in [2.24, 2.45) is 0 Å². The number of carboxylic acid groups (broad SMARTS) is 1. The highest BCUT2D eigenvalue weighted by Crippen LogP contribution is 2.24. The number of methoxy groups -OCH3 is 1. The summed E-state index contributed by atoms with van der Waals surface area (Å²) in [6.07, 6.45) is -0.346. The number of hydrogen-bond donors (Lipinski definition) is 1. The molecule has 0 saturated carbocycles. The number of fused-ring (bicyclic) bond motifs is 1. The Bertz CT molecular complexity index is 669. The van der Waals surface area contributed by atoms with Gasteiger partial charge in [-0.3, -0.25) is 4.79 Å². The summed E-state index contributed by atoms with van der Waals surface area (Å²) in [5, 5.41) is 9.47. The summed E-state index contributed by atoms with van der Waals surface area (Å²) in [4.78, 5) is 22.4. The second-order valence-electron chi connectivity index (χ2n) is 3.93. The molecule has 0 radical (unpaired) electrons. The minimum atomic E-state index is -1.06. The van der Waals surface area contributed by atoms with Gasteiger partial charge in [-0.05, 0) is 30.7 Å². The lowest BCUT2D eigenvalue weighted by atomic mass is 10.0. The Labute approximate surface area is 103 Å². The van der Waals surface area contributed by atoms with E-state index in [9.17, 15) is 9.59 Å². The van der Waals surface area contributed by atoms with Crippen molar-refractivity contribution in [3.8, 4) is 5.75 Å². The zero-order chi connectivity index (χ0) is 13.3. The smallest absolute Gasteiger partial charge is 0.340 e. The molecule has 1 aromatic carbocycles. The molecule has 1 heterocycles. The van der Waals surface area contributed by atoms with Gasteiger partial charge in [0.1, 0.15) is 11.3 Å². The fourth-order valence-electron chi connectivity index (χ4n) is 1.85. The number of aliphatic carboxylic acids is 1. The van der Waals surface area contributed by atoms with Crippen LogP contribution in [0.3, 0.4) is 0 Å². The minimum absolute atomic E-state index is 0.170. The van der Waals surface area contributed by atoms with Gasteiger partial charge in [-0.15, -0.1) is 0 Å². The zero-order valence-corrected chi connectivity index (χ0v) is 10.0. The minimum Gasteiger partial charge on any atom is -0.497 e. The molecule has 0 unspecified atom stereocenters. The second kappa shape index (κ2) is 4.52. The first-order chi connectivity index (χ1) is 8.52. The Kier molecular flexibility index (Phi) is 3.06. The molecule has 0 bridgehead atoms. The largest absolute Gasteiger partial charge is 0.497 e. The third-order valence-corrected chi connectivity index (χ3v) is 2.82. The van der Waals surface area contributed by atoms with Gasteiger partial charge >= 0.3 is 11.6 Å². The fraction of sp³-hybridized carbons (Fsp3) is 0.231. The first kappa shape index (κ1) is 12.2. The van der Waals surface area contributed by atoms with Crippen LogP contribution in [0.25, 0.3) is 11.0 Å². The number of rotatable bonds is 3. The quantitative estimate of drug-likeness (QED) is 0.837. The van der Waals surface area contributed by atoms with Crippen molar-refractivity contribution in [3.05, 3.63) is 39.7 Å². The fourth-order valence-corrected chi connectivity index (χ4v) is 1.85. The van der Waals surface area contributed by atoms with Crippen molar-refractivity contribution in [2.75, 3.05) is 7.11 Å². The summed E-state index contributed by atoms with van der Waals surface area (Å²) in [7, 11) is 1.54. The van der Waals surface area contributed by atoms with E-state index in [1.165, 1.54) is 7.11 Å². The van der Waals surface area contributed by atoms with Crippen LogP contribution in [-0.2, 0) is 11.2 Å². The summed E-state index contributed by atoms with van der Waals surface area (Å²) in [6, 6.07) is 5.04. The molecular formula is C13H12O5. The van der Waals surface area contributed by atoms with E-state index in [0.717, 1.165) is 0 Å². The van der Waals surface area contributed by atoms with Crippen molar-refractivity contribution >= 4 is 16.9 Å². The molecule has 18 heavy (non-hydrogen) atoms. The van der Waals surface area contributed by atoms with Crippen molar-refractivity contribution in [2.45, 2.75) is 13.3 Å². The van der Waals surface area contributed by atoms with Crippen LogP contribution in [0.4, 0.5) is 0 Å². The summed E-state index contributed by atoms with van der Waals surface area (Å²) >= 11 is 0. The molecule has 1 aromatic heterocycles. The first-order valence-corrected chi connectivity index (χ1v) is 5.35. The summed E-state index contributed by atoms with van der Waals surface area (Å²) in [6.45, 7) is 1.71. The lowest BCUT2D eigenvalue weighted by Crippen LogP contribution is -2.14. The number of carbonyl (C=O) groups is 1. The number of aryl methyl sites for hydroxylation is 1.